The SMILES string of the molecule is CCN(CC)C(=O)c1ccc(NC(=O)c2cnn(-c3ccccc3)c2C)cc1Cl. The van der Waals surface area contributed by atoms with Crippen molar-refractivity contribution in [2.45, 2.75) is 20.8 Å². The minimum atomic E-state index is -0.288. The van der Waals surface area contributed by atoms with E-state index in [2.05, 4.69) is 10.4 Å². The van der Waals surface area contributed by atoms with Gasteiger partial charge in [0.1, 0.15) is 0 Å². The van der Waals surface area contributed by atoms with Gasteiger partial charge in [0, 0.05) is 18.8 Å². The molecule has 0 aliphatic carbocycles. The Bertz CT molecular complexity index is 1030. The summed E-state index contributed by atoms with van der Waals surface area (Å²) in [4.78, 5) is 26.9. The third-order valence-corrected chi connectivity index (χ3v) is 5.08. The highest BCUT2D eigenvalue weighted by molar-refractivity contribution is 6.34. The van der Waals surface area contributed by atoms with Crippen molar-refractivity contribution in [1.29, 1.82) is 0 Å². The normalized spacial score (nSPS) is 10.6. The number of rotatable bonds is 6. The van der Waals surface area contributed by atoms with Crippen LogP contribution < -0.4 is 5.32 Å². The number of anilines is 1. The highest BCUT2D eigenvalue weighted by atomic mass is 35.5. The molecule has 2 amide bonds. The van der Waals surface area contributed by atoms with E-state index in [9.17, 15) is 9.59 Å². The van der Waals surface area contributed by atoms with E-state index in [1.807, 2.05) is 51.1 Å². The van der Waals surface area contributed by atoms with Crippen LogP contribution in [-0.2, 0) is 0 Å². The van der Waals surface area contributed by atoms with E-state index in [1.54, 1.807) is 27.8 Å². The molecule has 1 heterocycles. The van der Waals surface area contributed by atoms with Gasteiger partial charge in [-0.2, -0.15) is 5.10 Å². The molecule has 0 bridgehead atoms. The summed E-state index contributed by atoms with van der Waals surface area (Å²) in [6.07, 6.45) is 1.54. The molecule has 0 saturated heterocycles. The Hall–Kier alpha value is -3.12. The van der Waals surface area contributed by atoms with Gasteiger partial charge in [-0.15, -0.1) is 0 Å². The molecule has 7 heteroatoms. The van der Waals surface area contributed by atoms with Crippen molar-refractivity contribution in [2.75, 3.05) is 18.4 Å². The molecule has 0 unspecified atom stereocenters. The van der Waals surface area contributed by atoms with Gasteiger partial charge >= 0.3 is 0 Å². The Kier molecular flexibility index (Phi) is 6.34. The average Bonchev–Trinajstić information content (AvgIpc) is 3.11. The zero-order valence-electron chi connectivity index (χ0n) is 16.6. The molecular weight excluding hydrogens is 388 g/mol. The molecule has 0 fully saturated rings. The second-order valence-electron chi connectivity index (χ2n) is 6.52. The maximum absolute atomic E-state index is 12.7. The van der Waals surface area contributed by atoms with Crippen molar-refractivity contribution in [3.8, 4) is 5.69 Å². The van der Waals surface area contributed by atoms with E-state index in [4.69, 9.17) is 11.6 Å². The van der Waals surface area contributed by atoms with Gasteiger partial charge in [0.25, 0.3) is 11.8 Å². The monoisotopic (exact) mass is 410 g/mol. The Balaban J connectivity index is 1.79. The first-order valence-corrected chi connectivity index (χ1v) is 9.84. The third kappa shape index (κ3) is 4.32. The number of halogens is 1. The van der Waals surface area contributed by atoms with Crippen molar-refractivity contribution < 1.29 is 9.59 Å². The first-order valence-electron chi connectivity index (χ1n) is 9.46. The molecule has 0 atom stereocenters. The van der Waals surface area contributed by atoms with Gasteiger partial charge in [0.2, 0.25) is 0 Å². The zero-order chi connectivity index (χ0) is 21.0. The van der Waals surface area contributed by atoms with Crippen molar-refractivity contribution in [3.63, 3.8) is 0 Å². The summed E-state index contributed by atoms with van der Waals surface area (Å²) in [7, 11) is 0. The highest BCUT2D eigenvalue weighted by Crippen LogP contribution is 2.23. The second-order valence-corrected chi connectivity index (χ2v) is 6.92. The summed E-state index contributed by atoms with van der Waals surface area (Å²) in [6, 6.07) is 14.5. The first-order chi connectivity index (χ1) is 14.0. The summed E-state index contributed by atoms with van der Waals surface area (Å²) in [5.41, 5.74) is 3.01. The molecule has 3 aromatic rings. The third-order valence-electron chi connectivity index (χ3n) is 4.76. The predicted molar refractivity (Wildman–Crippen MR) is 115 cm³/mol. The summed E-state index contributed by atoms with van der Waals surface area (Å²) < 4.78 is 1.72. The number of nitrogens with zero attached hydrogens (tertiary/aromatic N) is 3. The van der Waals surface area contributed by atoms with Crippen LogP contribution >= 0.6 is 11.6 Å². The molecular formula is C22H23ClN4O2. The molecule has 3 rings (SSSR count). The number of carbonyl (C=O) groups is 2. The molecule has 150 valence electrons. The fraction of sp³-hybridized carbons (Fsp3) is 0.227. The summed E-state index contributed by atoms with van der Waals surface area (Å²) in [5.74, 6) is -0.415. The lowest BCUT2D eigenvalue weighted by molar-refractivity contribution is 0.0773. The van der Waals surface area contributed by atoms with E-state index in [0.29, 0.717) is 34.9 Å². The first kappa shape index (κ1) is 20.6. The van der Waals surface area contributed by atoms with E-state index < -0.39 is 0 Å². The van der Waals surface area contributed by atoms with Gasteiger partial charge in [0.05, 0.1) is 33.7 Å². The zero-order valence-corrected chi connectivity index (χ0v) is 17.4. The van der Waals surface area contributed by atoms with Crippen LogP contribution in [0, 0.1) is 6.92 Å². The van der Waals surface area contributed by atoms with Gasteiger partial charge in [-0.1, -0.05) is 29.8 Å². The van der Waals surface area contributed by atoms with Crippen LogP contribution in [0.1, 0.15) is 40.3 Å². The van der Waals surface area contributed by atoms with Crippen molar-refractivity contribution in [1.82, 2.24) is 14.7 Å². The minimum Gasteiger partial charge on any atom is -0.339 e. The van der Waals surface area contributed by atoms with E-state index in [-0.39, 0.29) is 11.8 Å². The Morgan fingerprint density at radius 1 is 1.07 bits per heavy atom. The van der Waals surface area contributed by atoms with Crippen LogP contribution in [-0.4, -0.2) is 39.6 Å². The predicted octanol–water partition coefficient (Wildman–Crippen LogP) is 4.57. The summed E-state index contributed by atoms with van der Waals surface area (Å²) in [6.45, 7) is 6.89. The van der Waals surface area contributed by atoms with Gasteiger partial charge in [0.15, 0.2) is 0 Å². The second kappa shape index (κ2) is 8.92. The Morgan fingerprint density at radius 3 is 2.38 bits per heavy atom. The number of benzene rings is 2. The van der Waals surface area contributed by atoms with Crippen LogP contribution in [0.4, 0.5) is 5.69 Å². The van der Waals surface area contributed by atoms with Crippen molar-refractivity contribution in [3.05, 3.63) is 76.6 Å². The number of hydrogen-bond acceptors (Lipinski definition) is 3. The number of para-hydroxylation sites is 1. The fourth-order valence-corrected chi connectivity index (χ4v) is 3.37. The largest absolute Gasteiger partial charge is 0.339 e. The lowest BCUT2D eigenvalue weighted by Crippen LogP contribution is -2.30. The average molecular weight is 411 g/mol. The molecule has 0 spiro atoms. The van der Waals surface area contributed by atoms with Crippen LogP contribution in [0.25, 0.3) is 5.69 Å². The number of hydrogen-bond donors (Lipinski definition) is 1. The lowest BCUT2D eigenvalue weighted by Gasteiger charge is -2.19. The van der Waals surface area contributed by atoms with Crippen molar-refractivity contribution >= 4 is 29.1 Å². The van der Waals surface area contributed by atoms with Crippen LogP contribution in [0.5, 0.6) is 0 Å². The van der Waals surface area contributed by atoms with Gasteiger partial charge in [-0.3, -0.25) is 9.59 Å². The van der Waals surface area contributed by atoms with Gasteiger partial charge < -0.3 is 10.2 Å². The molecule has 1 N–H and O–H groups in total. The molecule has 0 radical (unpaired) electrons. The number of amides is 2. The van der Waals surface area contributed by atoms with Crippen LogP contribution in [0.2, 0.25) is 5.02 Å². The maximum Gasteiger partial charge on any atom is 0.259 e. The van der Waals surface area contributed by atoms with Crippen LogP contribution in [0.15, 0.2) is 54.7 Å². The smallest absolute Gasteiger partial charge is 0.259 e. The highest BCUT2D eigenvalue weighted by Gasteiger charge is 2.18. The fourth-order valence-electron chi connectivity index (χ4n) is 3.11. The minimum absolute atomic E-state index is 0.127. The molecule has 2 aromatic carbocycles. The molecule has 1 aromatic heterocycles. The van der Waals surface area contributed by atoms with Crippen LogP contribution in [0.3, 0.4) is 0 Å². The molecule has 6 nitrogen and oxygen atoms in total. The Labute approximate surface area is 175 Å². The van der Waals surface area contributed by atoms with Gasteiger partial charge in [-0.25, -0.2) is 4.68 Å². The van der Waals surface area contributed by atoms with E-state index in [1.165, 1.54) is 6.20 Å². The molecule has 0 saturated carbocycles. The number of carbonyl (C=O) groups excluding carboxylic acids is 2. The standard InChI is InChI=1S/C22H23ClN4O2/c1-4-26(5-2)22(29)18-12-11-16(13-20(18)23)25-21(28)19-14-24-27(15(19)3)17-9-7-6-8-10-17/h6-14H,4-5H2,1-3H3,(H,25,28). The topological polar surface area (TPSA) is 67.2 Å². The molecule has 0 aliphatic heterocycles. The summed E-state index contributed by atoms with van der Waals surface area (Å²) in [5, 5.41) is 7.45. The van der Waals surface area contributed by atoms with Crippen molar-refractivity contribution in [2.24, 2.45) is 0 Å². The number of aromatic nitrogens is 2. The number of nitrogens with one attached hydrogen (secondary N) is 1. The summed E-state index contributed by atoms with van der Waals surface area (Å²) >= 11 is 6.31. The van der Waals surface area contributed by atoms with E-state index >= 15 is 0 Å². The van der Waals surface area contributed by atoms with E-state index in [0.717, 1.165) is 11.4 Å². The Morgan fingerprint density at radius 2 is 1.76 bits per heavy atom. The molecule has 29 heavy (non-hydrogen) atoms. The lowest BCUT2D eigenvalue weighted by atomic mass is 10.1. The maximum atomic E-state index is 12.7. The van der Waals surface area contributed by atoms with Gasteiger partial charge in [-0.05, 0) is 51.1 Å². The molecule has 0 aliphatic rings. The quantitative estimate of drug-likeness (QED) is 0.647.